The van der Waals surface area contributed by atoms with Gasteiger partial charge in [-0.1, -0.05) is 0 Å². The fraction of sp³-hybridized carbons (Fsp3) is 0.600. The van der Waals surface area contributed by atoms with Gasteiger partial charge in [-0.25, -0.2) is 0 Å². The van der Waals surface area contributed by atoms with Gasteiger partial charge in [0.15, 0.2) is 0 Å². The Labute approximate surface area is 106 Å². The number of hydrogen-bond donors (Lipinski definition) is 3. The van der Waals surface area contributed by atoms with Gasteiger partial charge in [-0.15, -0.1) is 15.9 Å². The van der Waals surface area contributed by atoms with Crippen molar-refractivity contribution in [3.63, 3.8) is 0 Å². The maximum absolute atomic E-state index is 10.3. The number of carbonyl (C=O) groups excluding carboxylic acids is 1. The number of carboxylic acids is 1. The molecule has 0 aliphatic carbocycles. The first-order chi connectivity index (χ1) is 6.31. The second kappa shape index (κ2) is 11.3. The van der Waals surface area contributed by atoms with Crippen molar-refractivity contribution >= 4 is 24.5 Å². The van der Waals surface area contributed by atoms with Crippen LogP contribution in [0.4, 0.5) is 0 Å². The van der Waals surface area contributed by atoms with Gasteiger partial charge in [0.05, 0.1) is 0 Å². The van der Waals surface area contributed by atoms with E-state index in [0.717, 1.165) is 0 Å². The van der Waals surface area contributed by atoms with Crippen LogP contribution >= 0.6 is 0 Å². The molecule has 0 aromatic heterocycles. The van der Waals surface area contributed by atoms with Crippen molar-refractivity contribution in [2.24, 2.45) is 0 Å². The van der Waals surface area contributed by atoms with Gasteiger partial charge in [0.2, 0.25) is 5.91 Å². The second-order valence-electron chi connectivity index (χ2n) is 2.00. The topological polar surface area (TPSA) is 130 Å². The number of carbonyl (C=O) groups is 2. The molecule has 0 aromatic carbocycles. The molecule has 1 atom stereocenters. The Bertz CT molecular complexity index is 222. The summed E-state index contributed by atoms with van der Waals surface area (Å²) in [6, 6.07) is -0.924. The molecule has 0 radical (unpaired) electrons. The summed E-state index contributed by atoms with van der Waals surface area (Å²) in [5.74, 6) is -1.47. The normalized spacial score (nSPS) is 9.73. The Morgan fingerprint density at radius 3 is 2.00 bits per heavy atom. The first-order valence-electron chi connectivity index (χ1n) is 3.22. The Balaban J connectivity index is -0.000000249. The molecule has 1 amide bonds. The van der Waals surface area contributed by atoms with E-state index in [0.29, 0.717) is 0 Å². The van der Waals surface area contributed by atoms with Crippen LogP contribution in [-0.2, 0) is 44.6 Å². The van der Waals surface area contributed by atoms with Gasteiger partial charge in [0.1, 0.15) is 6.04 Å². The molecular weight excluding hydrogens is 324 g/mol. The van der Waals surface area contributed by atoms with E-state index in [-0.39, 0.29) is 34.0 Å². The second-order valence-corrected chi connectivity index (χ2v) is 2.33. The van der Waals surface area contributed by atoms with Crippen LogP contribution in [-0.4, -0.2) is 39.1 Å². The van der Waals surface area contributed by atoms with Gasteiger partial charge in [0, 0.05) is 6.92 Å². The maximum atomic E-state index is 10.3. The molecule has 3 N–H and O–H groups in total. The molecule has 0 aliphatic rings. The van der Waals surface area contributed by atoms with Gasteiger partial charge >= 0.3 is 28.3 Å². The van der Waals surface area contributed by atoms with Crippen LogP contribution in [0.25, 0.3) is 0 Å². The average Bonchev–Trinajstić information content (AvgIpc) is 1.98. The van der Waals surface area contributed by atoms with Crippen LogP contribution in [0.1, 0.15) is 6.92 Å². The van der Waals surface area contributed by atoms with Crippen LogP contribution in [0, 0.1) is 10.1 Å². The smallest absolute Gasteiger partial charge is 0.790 e. The van der Waals surface area contributed by atoms with Crippen molar-refractivity contribution in [3.05, 3.63) is 10.1 Å². The zero-order chi connectivity index (χ0) is 11.7. The third-order valence-electron chi connectivity index (χ3n) is 0.842. The molecule has 0 fully saturated rings. The molecule has 15 heavy (non-hydrogen) atoms. The first-order valence-corrected chi connectivity index (χ1v) is 3.80. The summed E-state index contributed by atoms with van der Waals surface area (Å²) in [5.41, 5.74) is 0. The van der Waals surface area contributed by atoms with Crippen LogP contribution in [0.2, 0.25) is 0 Å². The molecule has 0 spiro atoms. The number of nitrogens with zero attached hydrogens (tertiary/aromatic N) is 1. The number of carboxylic acid groups (broad SMARTS) is 1. The van der Waals surface area contributed by atoms with Crippen molar-refractivity contribution < 1.29 is 47.4 Å². The summed E-state index contributed by atoms with van der Waals surface area (Å²) in [6.45, 7) is 1.25. The molecule has 0 aromatic rings. The molecule has 0 unspecified atom stereocenters. The zero-order valence-corrected chi connectivity index (χ0v) is 9.77. The SMILES string of the molecule is CC(=O)N[C@@H](C[S-])C(=O)O.O=[N+]([O-])O.[Ag+]. The van der Waals surface area contributed by atoms with Crippen molar-refractivity contribution in [3.8, 4) is 0 Å². The minimum absolute atomic E-state index is 0. The standard InChI is InChI=1S/C5H9NO3S.Ag.HNO3/c1-3(7)6-4(2-10)5(8)9;;2-1(3)4/h4,10H,2H2,1H3,(H,6,7)(H,8,9);;(H,2,3,4)/q;+1;/p-1/t4-;;/m0../s1. The summed E-state index contributed by atoms with van der Waals surface area (Å²) in [6.07, 6.45) is 0. The predicted molar refractivity (Wildman–Crippen MR) is 46.3 cm³/mol. The molecule has 0 aliphatic heterocycles. The number of nitrogens with one attached hydrogen (secondary N) is 1. The number of amides is 1. The molecular formula is C5H9AgN2O6S. The molecule has 8 nitrogen and oxygen atoms in total. The summed E-state index contributed by atoms with van der Waals surface area (Å²) >= 11 is 4.47. The van der Waals surface area contributed by atoms with E-state index in [1.165, 1.54) is 6.92 Å². The fourth-order valence-corrected chi connectivity index (χ4v) is 0.646. The van der Waals surface area contributed by atoms with Crippen LogP contribution in [0.5, 0.6) is 0 Å². The van der Waals surface area contributed by atoms with Crippen molar-refractivity contribution in [2.75, 3.05) is 5.75 Å². The third kappa shape index (κ3) is 19.6. The van der Waals surface area contributed by atoms with E-state index in [4.69, 9.17) is 20.4 Å². The Hall–Kier alpha value is -0.770. The van der Waals surface area contributed by atoms with Crippen LogP contribution < -0.4 is 5.32 Å². The minimum atomic E-state index is -1.50. The molecule has 0 heterocycles. The number of rotatable bonds is 3. The quantitative estimate of drug-likeness (QED) is 0.255. The monoisotopic (exact) mass is 332 g/mol. The van der Waals surface area contributed by atoms with Crippen molar-refractivity contribution in [1.82, 2.24) is 5.32 Å². The van der Waals surface area contributed by atoms with E-state index in [1.807, 2.05) is 0 Å². The van der Waals surface area contributed by atoms with Crippen molar-refractivity contribution in [1.29, 1.82) is 0 Å². The molecule has 0 rings (SSSR count). The summed E-state index contributed by atoms with van der Waals surface area (Å²) in [5, 5.41) is 24.2. The third-order valence-corrected chi connectivity index (χ3v) is 1.18. The summed E-state index contributed by atoms with van der Waals surface area (Å²) < 4.78 is 0. The van der Waals surface area contributed by atoms with Gasteiger partial charge in [0.25, 0.3) is 5.09 Å². The molecule has 0 saturated heterocycles. The summed E-state index contributed by atoms with van der Waals surface area (Å²) in [7, 11) is 0. The van der Waals surface area contributed by atoms with Gasteiger partial charge in [-0.05, 0) is 0 Å². The molecule has 92 valence electrons. The van der Waals surface area contributed by atoms with E-state index in [1.54, 1.807) is 0 Å². The molecule has 10 heteroatoms. The van der Waals surface area contributed by atoms with Crippen LogP contribution in [0.15, 0.2) is 0 Å². The average molecular weight is 333 g/mol. The zero-order valence-electron chi connectivity index (χ0n) is 7.47. The van der Waals surface area contributed by atoms with E-state index >= 15 is 0 Å². The fourth-order valence-electron chi connectivity index (χ4n) is 0.420. The summed E-state index contributed by atoms with van der Waals surface area (Å²) in [4.78, 5) is 28.8. The Kier molecular flexibility index (Phi) is 14.9. The van der Waals surface area contributed by atoms with Crippen LogP contribution in [0.3, 0.4) is 0 Å². The Morgan fingerprint density at radius 2 is 1.93 bits per heavy atom. The largest absolute Gasteiger partial charge is 1.00 e. The van der Waals surface area contributed by atoms with Gasteiger partial charge in [-0.3, -0.25) is 9.59 Å². The molecule has 0 saturated carbocycles. The first kappa shape index (κ1) is 19.8. The van der Waals surface area contributed by atoms with E-state index in [2.05, 4.69) is 17.9 Å². The Morgan fingerprint density at radius 1 is 1.60 bits per heavy atom. The van der Waals surface area contributed by atoms with E-state index < -0.39 is 17.1 Å². The molecule has 0 bridgehead atoms. The minimum Gasteiger partial charge on any atom is -0.790 e. The number of aliphatic carboxylic acids is 1. The van der Waals surface area contributed by atoms with Gasteiger partial charge < -0.3 is 28.3 Å². The number of hydrogen-bond acceptors (Lipinski definition) is 5. The maximum Gasteiger partial charge on any atom is 1.00 e. The van der Waals surface area contributed by atoms with Gasteiger partial charge in [-0.2, -0.15) is 0 Å². The predicted octanol–water partition coefficient (Wildman–Crippen LogP) is -1.23. The van der Waals surface area contributed by atoms with E-state index in [9.17, 15) is 9.59 Å². The van der Waals surface area contributed by atoms with Crippen molar-refractivity contribution in [2.45, 2.75) is 13.0 Å².